The lowest BCUT2D eigenvalue weighted by Gasteiger charge is -2.27. The molecule has 2 aliphatic heterocycles. The van der Waals surface area contributed by atoms with Gasteiger partial charge in [0.1, 0.15) is 11.6 Å². The Bertz CT molecular complexity index is 796. The fourth-order valence-electron chi connectivity index (χ4n) is 4.69. The van der Waals surface area contributed by atoms with Gasteiger partial charge in [-0.3, -0.25) is 9.69 Å². The zero-order chi connectivity index (χ0) is 17.6. The van der Waals surface area contributed by atoms with E-state index in [1.54, 1.807) is 0 Å². The first-order chi connectivity index (χ1) is 12.1. The number of carboxylic acids is 1. The summed E-state index contributed by atoms with van der Waals surface area (Å²) in [6, 6.07) is 13.2. The largest absolute Gasteiger partial charge is 0.481 e. The lowest BCUT2D eigenvalue weighted by atomic mass is 9.75. The van der Waals surface area contributed by atoms with E-state index in [2.05, 4.69) is 4.90 Å². The van der Waals surface area contributed by atoms with Gasteiger partial charge in [0.05, 0.1) is 5.92 Å². The summed E-state index contributed by atoms with van der Waals surface area (Å²) >= 11 is 0. The van der Waals surface area contributed by atoms with Crippen LogP contribution in [0.4, 0.5) is 8.78 Å². The van der Waals surface area contributed by atoms with E-state index in [1.807, 2.05) is 30.3 Å². The summed E-state index contributed by atoms with van der Waals surface area (Å²) in [5, 5.41) is 9.77. The van der Waals surface area contributed by atoms with Crippen molar-refractivity contribution in [2.24, 2.45) is 5.92 Å². The zero-order valence-electron chi connectivity index (χ0n) is 13.6. The molecule has 0 saturated carbocycles. The monoisotopic (exact) mass is 343 g/mol. The average Bonchev–Trinajstić information content (AvgIpc) is 3.10. The normalized spacial score (nSPS) is 28.4. The molecule has 2 aromatic rings. The maximum atomic E-state index is 14.4. The maximum Gasteiger partial charge on any atom is 0.308 e. The molecule has 4 rings (SSSR count). The molecule has 2 heterocycles. The van der Waals surface area contributed by atoms with Crippen molar-refractivity contribution in [1.82, 2.24) is 4.90 Å². The van der Waals surface area contributed by atoms with Gasteiger partial charge >= 0.3 is 5.97 Å². The minimum absolute atomic E-state index is 0.0359. The molecule has 3 nitrogen and oxygen atoms in total. The molecule has 0 aromatic heterocycles. The lowest BCUT2D eigenvalue weighted by Crippen LogP contribution is -2.33. The molecule has 0 spiro atoms. The second-order valence-electron chi connectivity index (χ2n) is 6.93. The summed E-state index contributed by atoms with van der Waals surface area (Å²) in [5.41, 5.74) is 1.43. The Morgan fingerprint density at radius 2 is 1.80 bits per heavy atom. The summed E-state index contributed by atoms with van der Waals surface area (Å²) in [7, 11) is 0. The Balaban J connectivity index is 1.70. The second kappa shape index (κ2) is 6.23. The fourth-order valence-corrected chi connectivity index (χ4v) is 4.69. The third-order valence-corrected chi connectivity index (χ3v) is 5.64. The third kappa shape index (κ3) is 2.72. The summed E-state index contributed by atoms with van der Waals surface area (Å²) in [4.78, 5) is 14.1. The number of halogens is 2. The Morgan fingerprint density at radius 1 is 1.08 bits per heavy atom. The molecule has 25 heavy (non-hydrogen) atoms. The minimum Gasteiger partial charge on any atom is -0.481 e. The molecular formula is C20H19F2NO2. The van der Waals surface area contributed by atoms with Gasteiger partial charge in [0.25, 0.3) is 0 Å². The van der Waals surface area contributed by atoms with Crippen LogP contribution in [0.2, 0.25) is 0 Å². The molecule has 1 N–H and O–H groups in total. The molecule has 0 radical (unpaired) electrons. The van der Waals surface area contributed by atoms with Gasteiger partial charge < -0.3 is 5.11 Å². The second-order valence-corrected chi connectivity index (χ2v) is 6.93. The van der Waals surface area contributed by atoms with E-state index in [0.29, 0.717) is 12.1 Å². The molecule has 0 aliphatic carbocycles. The van der Waals surface area contributed by atoms with Gasteiger partial charge in [-0.1, -0.05) is 36.4 Å². The van der Waals surface area contributed by atoms with E-state index >= 15 is 0 Å². The molecule has 2 fully saturated rings. The summed E-state index contributed by atoms with van der Waals surface area (Å²) in [6.45, 7) is 0.652. The third-order valence-electron chi connectivity index (χ3n) is 5.64. The van der Waals surface area contributed by atoms with Crippen molar-refractivity contribution in [3.63, 3.8) is 0 Å². The number of hydrogen-bond acceptors (Lipinski definition) is 2. The van der Waals surface area contributed by atoms with Gasteiger partial charge in [-0.25, -0.2) is 8.78 Å². The zero-order valence-corrected chi connectivity index (χ0v) is 13.6. The van der Waals surface area contributed by atoms with Gasteiger partial charge in [-0.05, 0) is 30.0 Å². The Kier molecular flexibility index (Phi) is 4.04. The number of hydrogen-bond donors (Lipinski definition) is 1. The number of benzene rings is 2. The van der Waals surface area contributed by atoms with E-state index < -0.39 is 29.4 Å². The van der Waals surface area contributed by atoms with E-state index in [9.17, 15) is 18.7 Å². The van der Waals surface area contributed by atoms with Gasteiger partial charge in [0.15, 0.2) is 0 Å². The van der Waals surface area contributed by atoms with Crippen molar-refractivity contribution in [2.75, 3.05) is 0 Å². The fraction of sp³-hybridized carbons (Fsp3) is 0.350. The standard InChI is InChI=1S/C20H19F2NO2/c21-13-6-7-14(15(22)10-13)18-16-8-9-17(19(18)20(24)25)23(16)11-12-4-2-1-3-5-12/h1-7,10,16-19H,8-9,11H2,(H,24,25). The number of nitrogens with zero attached hydrogens (tertiary/aromatic N) is 1. The summed E-state index contributed by atoms with van der Waals surface area (Å²) in [6.07, 6.45) is 1.64. The van der Waals surface area contributed by atoms with Crippen LogP contribution < -0.4 is 0 Å². The van der Waals surface area contributed by atoms with Crippen molar-refractivity contribution >= 4 is 5.97 Å². The number of carbonyl (C=O) groups is 1. The topological polar surface area (TPSA) is 40.5 Å². The molecule has 0 amide bonds. The minimum atomic E-state index is -0.904. The van der Waals surface area contributed by atoms with Crippen LogP contribution in [0.15, 0.2) is 48.5 Å². The Hall–Kier alpha value is -2.27. The molecule has 4 unspecified atom stereocenters. The van der Waals surface area contributed by atoms with E-state index in [1.165, 1.54) is 12.1 Å². The van der Waals surface area contributed by atoms with E-state index in [-0.39, 0.29) is 12.1 Å². The van der Waals surface area contributed by atoms with Crippen molar-refractivity contribution in [3.8, 4) is 0 Å². The van der Waals surface area contributed by atoms with Crippen LogP contribution in [0.3, 0.4) is 0 Å². The molecule has 2 aliphatic rings. The van der Waals surface area contributed by atoms with Crippen molar-refractivity contribution in [2.45, 2.75) is 37.4 Å². The summed E-state index contributed by atoms with van der Waals surface area (Å²) in [5.74, 6) is -3.30. The predicted octanol–water partition coefficient (Wildman–Crippen LogP) is 3.80. The highest BCUT2D eigenvalue weighted by molar-refractivity contribution is 5.74. The van der Waals surface area contributed by atoms with Crippen LogP contribution in [0, 0.1) is 17.6 Å². The van der Waals surface area contributed by atoms with Crippen LogP contribution in [-0.2, 0) is 11.3 Å². The SMILES string of the molecule is O=C(O)C1C(c2ccc(F)cc2F)C2CCC1N2Cc1ccccc1. The number of fused-ring (bicyclic) bond motifs is 2. The highest BCUT2D eigenvalue weighted by Crippen LogP contribution is 2.51. The van der Waals surface area contributed by atoms with Crippen LogP contribution in [-0.4, -0.2) is 28.1 Å². The maximum absolute atomic E-state index is 14.4. The first kappa shape index (κ1) is 16.2. The Labute approximate surface area is 144 Å². The Morgan fingerprint density at radius 3 is 2.48 bits per heavy atom. The quantitative estimate of drug-likeness (QED) is 0.918. The first-order valence-electron chi connectivity index (χ1n) is 8.53. The number of carboxylic acid groups (broad SMARTS) is 1. The molecular weight excluding hydrogens is 324 g/mol. The molecule has 2 saturated heterocycles. The van der Waals surface area contributed by atoms with E-state index in [4.69, 9.17) is 0 Å². The highest BCUT2D eigenvalue weighted by Gasteiger charge is 2.56. The number of rotatable bonds is 4. The van der Waals surface area contributed by atoms with Crippen molar-refractivity contribution < 1.29 is 18.7 Å². The molecule has 2 bridgehead atoms. The first-order valence-corrected chi connectivity index (χ1v) is 8.53. The summed E-state index contributed by atoms with van der Waals surface area (Å²) < 4.78 is 27.6. The molecule has 4 atom stereocenters. The van der Waals surface area contributed by atoms with Gasteiger partial charge in [-0.2, -0.15) is 0 Å². The smallest absolute Gasteiger partial charge is 0.308 e. The highest BCUT2D eigenvalue weighted by atomic mass is 19.1. The van der Waals surface area contributed by atoms with E-state index in [0.717, 1.165) is 24.5 Å². The molecule has 5 heteroatoms. The lowest BCUT2D eigenvalue weighted by molar-refractivity contribution is -0.143. The van der Waals surface area contributed by atoms with Crippen molar-refractivity contribution in [3.05, 3.63) is 71.3 Å². The molecule has 130 valence electrons. The van der Waals surface area contributed by atoms with Crippen LogP contribution in [0.25, 0.3) is 0 Å². The van der Waals surface area contributed by atoms with Crippen LogP contribution in [0.5, 0.6) is 0 Å². The van der Waals surface area contributed by atoms with Gasteiger partial charge in [-0.15, -0.1) is 0 Å². The van der Waals surface area contributed by atoms with Crippen molar-refractivity contribution in [1.29, 1.82) is 0 Å². The van der Waals surface area contributed by atoms with Gasteiger partial charge in [0, 0.05) is 30.6 Å². The van der Waals surface area contributed by atoms with Crippen LogP contribution in [0.1, 0.15) is 29.9 Å². The van der Waals surface area contributed by atoms with Gasteiger partial charge in [0.2, 0.25) is 0 Å². The molecule has 2 aromatic carbocycles. The van der Waals surface area contributed by atoms with Crippen LogP contribution >= 0.6 is 0 Å². The average molecular weight is 343 g/mol. The predicted molar refractivity (Wildman–Crippen MR) is 89.0 cm³/mol. The number of aliphatic carboxylic acids is 1.